The lowest BCUT2D eigenvalue weighted by molar-refractivity contribution is -0.128. The molecule has 80 valence electrons. The van der Waals surface area contributed by atoms with E-state index in [0.717, 1.165) is 10.9 Å². The number of benzene rings is 1. The van der Waals surface area contributed by atoms with Crippen molar-refractivity contribution in [2.24, 2.45) is 0 Å². The number of aromatic nitrogens is 1. The van der Waals surface area contributed by atoms with Gasteiger partial charge in [0.15, 0.2) is 0 Å². The van der Waals surface area contributed by atoms with E-state index in [1.807, 2.05) is 6.07 Å². The highest BCUT2D eigenvalue weighted by molar-refractivity contribution is 5.78. The molecule has 0 amide bonds. The summed E-state index contributed by atoms with van der Waals surface area (Å²) in [5, 5.41) is 1.04. The van der Waals surface area contributed by atoms with Crippen LogP contribution in [-0.2, 0) is 9.53 Å². The molecule has 0 aliphatic heterocycles. The number of fused-ring (bicyclic) bond motifs is 1. The number of ether oxygens (including phenoxy) is 1. The van der Waals surface area contributed by atoms with Gasteiger partial charge in [0.25, 0.3) is 6.47 Å². The second-order valence-electron chi connectivity index (χ2n) is 2.76. The van der Waals surface area contributed by atoms with Crippen LogP contribution in [0.3, 0.4) is 0 Å². The van der Waals surface area contributed by atoms with Gasteiger partial charge in [0, 0.05) is 11.7 Å². The van der Waals surface area contributed by atoms with Gasteiger partial charge >= 0.3 is 0 Å². The van der Waals surface area contributed by atoms with Crippen molar-refractivity contribution in [1.29, 1.82) is 0 Å². The van der Waals surface area contributed by atoms with Gasteiger partial charge < -0.3 is 9.72 Å². The topological polar surface area (TPSA) is 42.1 Å². The van der Waals surface area contributed by atoms with Crippen molar-refractivity contribution in [3.05, 3.63) is 36.3 Å². The Morgan fingerprint density at radius 2 is 2.27 bits per heavy atom. The molecule has 0 aliphatic carbocycles. The van der Waals surface area contributed by atoms with Crippen LogP contribution in [0.4, 0.5) is 4.39 Å². The lowest BCUT2D eigenvalue weighted by atomic mass is 10.2. The van der Waals surface area contributed by atoms with Crippen LogP contribution >= 0.6 is 0 Å². The molecule has 1 aromatic carbocycles. The van der Waals surface area contributed by atoms with E-state index in [9.17, 15) is 9.18 Å². The molecule has 0 saturated heterocycles. The summed E-state index contributed by atoms with van der Waals surface area (Å²) in [5.41, 5.74) is 0.847. The van der Waals surface area contributed by atoms with Crippen molar-refractivity contribution in [3.63, 3.8) is 0 Å². The van der Waals surface area contributed by atoms with Crippen molar-refractivity contribution in [1.82, 2.24) is 4.98 Å². The van der Waals surface area contributed by atoms with Gasteiger partial charge in [-0.2, -0.15) is 0 Å². The maximum Gasteiger partial charge on any atom is 0.293 e. The zero-order valence-corrected chi connectivity index (χ0v) is 8.37. The number of carbonyl (C=O) groups is 1. The van der Waals surface area contributed by atoms with Gasteiger partial charge in [0.2, 0.25) is 0 Å². The molecule has 1 aromatic heterocycles. The average molecular weight is 209 g/mol. The second kappa shape index (κ2) is 5.80. The Morgan fingerprint density at radius 3 is 2.87 bits per heavy atom. The maximum absolute atomic E-state index is 12.5. The van der Waals surface area contributed by atoms with Gasteiger partial charge in [-0.3, -0.25) is 4.79 Å². The van der Waals surface area contributed by atoms with Crippen LogP contribution in [0.1, 0.15) is 6.92 Å². The normalized spacial score (nSPS) is 9.20. The highest BCUT2D eigenvalue weighted by Crippen LogP contribution is 2.12. The molecule has 0 spiro atoms. The molecule has 1 N–H and O–H groups in total. The van der Waals surface area contributed by atoms with Crippen molar-refractivity contribution >= 4 is 17.4 Å². The van der Waals surface area contributed by atoms with Gasteiger partial charge in [-0.1, -0.05) is 0 Å². The number of nitrogens with one attached hydrogen (secondary N) is 1. The third-order valence-corrected chi connectivity index (χ3v) is 1.75. The lowest BCUT2D eigenvalue weighted by Gasteiger charge is -1.87. The van der Waals surface area contributed by atoms with E-state index < -0.39 is 0 Å². The Morgan fingerprint density at radius 1 is 1.47 bits per heavy atom. The Bertz CT molecular complexity index is 425. The number of hydrogen-bond donors (Lipinski definition) is 1. The molecular formula is C11H12FNO2. The Kier molecular flexibility index (Phi) is 4.34. The fourth-order valence-corrected chi connectivity index (χ4v) is 1.09. The van der Waals surface area contributed by atoms with Crippen molar-refractivity contribution < 1.29 is 13.9 Å². The number of carbonyl (C=O) groups excluding carboxylic acids is 1. The second-order valence-corrected chi connectivity index (χ2v) is 2.76. The highest BCUT2D eigenvalue weighted by Gasteiger charge is 1.93. The van der Waals surface area contributed by atoms with Crippen LogP contribution in [0.25, 0.3) is 10.9 Å². The highest BCUT2D eigenvalue weighted by atomic mass is 19.1. The van der Waals surface area contributed by atoms with Crippen LogP contribution in [0.5, 0.6) is 0 Å². The standard InChI is InChI=1S/C8H6FN.C3H6O2/c9-7-2-1-6-3-4-10-8(6)5-7;1-2-5-3-4/h1-5,10H;3H,2H2,1H3. The monoisotopic (exact) mass is 209 g/mol. The molecule has 0 aliphatic rings. The van der Waals surface area contributed by atoms with Gasteiger partial charge in [-0.25, -0.2) is 4.39 Å². The Balaban J connectivity index is 0.000000195. The first kappa shape index (κ1) is 11.2. The van der Waals surface area contributed by atoms with Crippen molar-refractivity contribution in [3.8, 4) is 0 Å². The molecule has 0 radical (unpaired) electrons. The summed E-state index contributed by atoms with van der Waals surface area (Å²) < 4.78 is 16.6. The summed E-state index contributed by atoms with van der Waals surface area (Å²) in [6, 6.07) is 6.60. The van der Waals surface area contributed by atoms with Crippen molar-refractivity contribution in [2.45, 2.75) is 6.92 Å². The molecule has 4 heteroatoms. The maximum atomic E-state index is 12.5. The zero-order chi connectivity index (χ0) is 11.1. The van der Waals surface area contributed by atoms with Crippen LogP contribution in [0.2, 0.25) is 0 Å². The molecule has 0 unspecified atom stereocenters. The fraction of sp³-hybridized carbons (Fsp3) is 0.182. The van der Waals surface area contributed by atoms with Crippen molar-refractivity contribution in [2.75, 3.05) is 6.61 Å². The summed E-state index contributed by atoms with van der Waals surface area (Å²) in [7, 11) is 0. The average Bonchev–Trinajstić information content (AvgIpc) is 2.67. The summed E-state index contributed by atoms with van der Waals surface area (Å²) in [5.74, 6) is -0.199. The third kappa shape index (κ3) is 3.42. The van der Waals surface area contributed by atoms with Crippen LogP contribution in [-0.4, -0.2) is 18.1 Å². The first-order chi connectivity index (χ1) is 7.27. The Labute approximate surface area is 86.9 Å². The summed E-state index contributed by atoms with van der Waals surface area (Å²) in [6.07, 6.45) is 1.80. The van der Waals surface area contributed by atoms with E-state index in [-0.39, 0.29) is 5.82 Å². The minimum Gasteiger partial charge on any atom is -0.468 e. The van der Waals surface area contributed by atoms with Crippen LogP contribution in [0.15, 0.2) is 30.5 Å². The third-order valence-electron chi connectivity index (χ3n) is 1.75. The largest absolute Gasteiger partial charge is 0.468 e. The minimum atomic E-state index is -0.199. The Hall–Kier alpha value is -1.84. The van der Waals surface area contributed by atoms with E-state index >= 15 is 0 Å². The number of aromatic amines is 1. The van der Waals surface area contributed by atoms with Gasteiger partial charge in [-0.15, -0.1) is 0 Å². The number of hydrogen-bond acceptors (Lipinski definition) is 2. The molecule has 15 heavy (non-hydrogen) atoms. The molecule has 2 aromatic rings. The predicted octanol–water partition coefficient (Wildman–Crippen LogP) is 2.49. The summed E-state index contributed by atoms with van der Waals surface area (Å²) in [6.45, 7) is 2.66. The predicted molar refractivity (Wildman–Crippen MR) is 55.9 cm³/mol. The number of halogens is 1. The first-order valence-electron chi connectivity index (χ1n) is 4.55. The lowest BCUT2D eigenvalue weighted by Crippen LogP contribution is -1.80. The molecule has 0 saturated carbocycles. The zero-order valence-electron chi connectivity index (χ0n) is 8.37. The summed E-state index contributed by atoms with van der Waals surface area (Å²) >= 11 is 0. The van der Waals surface area contributed by atoms with Crippen LogP contribution < -0.4 is 0 Å². The molecule has 0 atom stereocenters. The van der Waals surface area contributed by atoms with Gasteiger partial charge in [0.05, 0.1) is 6.61 Å². The van der Waals surface area contributed by atoms with E-state index in [2.05, 4.69) is 9.72 Å². The minimum absolute atomic E-state index is 0.199. The van der Waals surface area contributed by atoms with E-state index in [1.165, 1.54) is 12.1 Å². The van der Waals surface area contributed by atoms with Gasteiger partial charge in [-0.05, 0) is 36.6 Å². The SMILES string of the molecule is CCOC=O.Fc1ccc2cc[nH]c2c1. The van der Waals surface area contributed by atoms with E-state index in [1.54, 1.807) is 19.2 Å². The van der Waals surface area contributed by atoms with E-state index in [4.69, 9.17) is 0 Å². The van der Waals surface area contributed by atoms with Gasteiger partial charge in [0.1, 0.15) is 5.82 Å². The quantitative estimate of drug-likeness (QED) is 0.772. The molecule has 3 nitrogen and oxygen atoms in total. The molecular weight excluding hydrogens is 197 g/mol. The molecule has 1 heterocycles. The molecule has 2 rings (SSSR count). The number of rotatable bonds is 2. The van der Waals surface area contributed by atoms with E-state index in [0.29, 0.717) is 13.1 Å². The van der Waals surface area contributed by atoms with Crippen LogP contribution in [0, 0.1) is 5.82 Å². The molecule has 0 bridgehead atoms. The number of H-pyrrole nitrogens is 1. The molecule has 0 fully saturated rings. The smallest absolute Gasteiger partial charge is 0.293 e. The fourth-order valence-electron chi connectivity index (χ4n) is 1.09. The summed E-state index contributed by atoms with van der Waals surface area (Å²) in [4.78, 5) is 12.1. The first-order valence-corrected chi connectivity index (χ1v) is 4.55.